The van der Waals surface area contributed by atoms with Gasteiger partial charge in [-0.25, -0.2) is 0 Å². The summed E-state index contributed by atoms with van der Waals surface area (Å²) in [7, 11) is 0. The summed E-state index contributed by atoms with van der Waals surface area (Å²) in [5.41, 5.74) is 0. The lowest BCUT2D eigenvalue weighted by atomic mass is 9.76. The van der Waals surface area contributed by atoms with Crippen LogP contribution in [-0.4, -0.2) is 0 Å². The van der Waals surface area contributed by atoms with E-state index in [0.717, 1.165) is 11.8 Å². The van der Waals surface area contributed by atoms with Crippen molar-refractivity contribution >= 4 is 0 Å². The Morgan fingerprint density at radius 3 is 1.42 bits per heavy atom. The van der Waals surface area contributed by atoms with Crippen LogP contribution >= 0.6 is 0 Å². The van der Waals surface area contributed by atoms with Crippen LogP contribution in [0.3, 0.4) is 0 Å². The van der Waals surface area contributed by atoms with Gasteiger partial charge in [0.1, 0.15) is 0 Å². The van der Waals surface area contributed by atoms with Crippen molar-refractivity contribution in [1.29, 1.82) is 0 Å². The first-order chi connectivity index (χ1) is 12.9. The third-order valence-electron chi connectivity index (χ3n) is 6.90. The third kappa shape index (κ3) is 13.2. The highest BCUT2D eigenvalue weighted by molar-refractivity contribution is 4.74. The average molecular weight is 365 g/mol. The van der Waals surface area contributed by atoms with E-state index in [9.17, 15) is 0 Å². The first kappa shape index (κ1) is 24.0. The Balaban J connectivity index is 1.85. The number of hydrogen-bond acceptors (Lipinski definition) is 0. The minimum absolute atomic E-state index is 1.07. The van der Waals surface area contributed by atoms with Crippen LogP contribution in [0.25, 0.3) is 0 Å². The fourth-order valence-electron chi connectivity index (χ4n) is 5.19. The molecule has 0 unspecified atom stereocenters. The summed E-state index contributed by atoms with van der Waals surface area (Å²) >= 11 is 0. The Labute approximate surface area is 167 Å². The van der Waals surface area contributed by atoms with E-state index in [1.807, 2.05) is 0 Å². The molecule has 0 aliphatic heterocycles. The van der Waals surface area contributed by atoms with Gasteiger partial charge in [0, 0.05) is 0 Å². The Bertz CT molecular complexity index is 263. The molecule has 0 N–H and O–H groups in total. The quantitative estimate of drug-likeness (QED) is 0.212. The Morgan fingerprint density at radius 2 is 0.962 bits per heavy atom. The van der Waals surface area contributed by atoms with Crippen LogP contribution in [0.2, 0.25) is 0 Å². The van der Waals surface area contributed by atoms with Crippen LogP contribution in [0.1, 0.15) is 155 Å². The van der Waals surface area contributed by atoms with E-state index in [0.29, 0.717) is 0 Å². The summed E-state index contributed by atoms with van der Waals surface area (Å²) in [6, 6.07) is 0. The lowest BCUT2D eigenvalue weighted by Gasteiger charge is -2.30. The van der Waals surface area contributed by atoms with Gasteiger partial charge in [0.15, 0.2) is 0 Å². The topological polar surface area (TPSA) is 0 Å². The summed E-state index contributed by atoms with van der Waals surface area (Å²) in [4.78, 5) is 0. The van der Waals surface area contributed by atoms with E-state index >= 15 is 0 Å². The highest BCUT2D eigenvalue weighted by atomic mass is 14.3. The van der Waals surface area contributed by atoms with Gasteiger partial charge in [-0.2, -0.15) is 0 Å². The van der Waals surface area contributed by atoms with Gasteiger partial charge in [0.05, 0.1) is 0 Å². The number of hydrogen-bond donors (Lipinski definition) is 0. The van der Waals surface area contributed by atoms with Crippen molar-refractivity contribution in [1.82, 2.24) is 0 Å². The molecule has 0 nitrogen and oxygen atoms in total. The average Bonchev–Trinajstić information content (AvgIpc) is 2.68. The Hall–Kier alpha value is 0. The van der Waals surface area contributed by atoms with E-state index in [1.54, 1.807) is 12.8 Å². The second-order valence-electron chi connectivity index (χ2n) is 9.33. The molecule has 0 spiro atoms. The number of unbranched alkanes of at least 4 members (excludes halogenated alkanes) is 13. The zero-order chi connectivity index (χ0) is 18.7. The van der Waals surface area contributed by atoms with Crippen molar-refractivity contribution in [3.8, 4) is 0 Å². The van der Waals surface area contributed by atoms with E-state index in [4.69, 9.17) is 0 Å². The molecule has 1 atom stereocenters. The first-order valence-electron chi connectivity index (χ1n) is 12.9. The van der Waals surface area contributed by atoms with Gasteiger partial charge >= 0.3 is 0 Å². The summed E-state index contributed by atoms with van der Waals surface area (Å²) in [5.74, 6) is 2.16. The molecule has 1 saturated carbocycles. The van der Waals surface area contributed by atoms with Crippen molar-refractivity contribution in [2.75, 3.05) is 0 Å². The zero-order valence-corrected chi connectivity index (χ0v) is 18.7. The normalized spacial score (nSPS) is 16.8. The summed E-state index contributed by atoms with van der Waals surface area (Å²) in [6.45, 7) is 4.70. The van der Waals surface area contributed by atoms with Gasteiger partial charge in [0.2, 0.25) is 0 Å². The summed E-state index contributed by atoms with van der Waals surface area (Å²) < 4.78 is 0. The number of rotatable bonds is 18. The fraction of sp³-hybridized carbons (Fsp3) is 1.00. The third-order valence-corrected chi connectivity index (χ3v) is 6.90. The van der Waals surface area contributed by atoms with Gasteiger partial charge in [-0.1, -0.05) is 155 Å². The minimum Gasteiger partial charge on any atom is -0.0654 e. The minimum atomic E-state index is 1.07. The molecule has 0 bridgehead atoms. The second-order valence-corrected chi connectivity index (χ2v) is 9.33. The molecular weight excluding hydrogens is 312 g/mol. The molecule has 0 radical (unpaired) electrons. The van der Waals surface area contributed by atoms with Crippen molar-refractivity contribution in [2.45, 2.75) is 155 Å². The van der Waals surface area contributed by atoms with Gasteiger partial charge in [0.25, 0.3) is 0 Å². The molecule has 0 aromatic carbocycles. The molecule has 1 aliphatic carbocycles. The maximum Gasteiger partial charge on any atom is -0.0386 e. The maximum atomic E-state index is 2.39. The zero-order valence-electron chi connectivity index (χ0n) is 18.7. The largest absolute Gasteiger partial charge is 0.0654 e. The molecule has 0 aromatic heterocycles. The van der Waals surface area contributed by atoms with Crippen LogP contribution in [-0.2, 0) is 0 Å². The van der Waals surface area contributed by atoms with Gasteiger partial charge in [-0.15, -0.1) is 0 Å². The molecule has 156 valence electrons. The summed E-state index contributed by atoms with van der Waals surface area (Å²) in [6.07, 6.45) is 32.8. The van der Waals surface area contributed by atoms with Crippen LogP contribution in [0, 0.1) is 11.8 Å². The predicted octanol–water partition coefficient (Wildman–Crippen LogP) is 9.85. The van der Waals surface area contributed by atoms with E-state index in [1.165, 1.54) is 128 Å². The molecule has 1 fully saturated rings. The predicted molar refractivity (Wildman–Crippen MR) is 120 cm³/mol. The van der Waals surface area contributed by atoms with E-state index in [-0.39, 0.29) is 0 Å². The highest BCUT2D eigenvalue weighted by Gasteiger charge is 2.22. The first-order valence-corrected chi connectivity index (χ1v) is 12.9. The van der Waals surface area contributed by atoms with Crippen LogP contribution in [0.4, 0.5) is 0 Å². The van der Waals surface area contributed by atoms with Crippen molar-refractivity contribution < 1.29 is 0 Å². The fourth-order valence-corrected chi connectivity index (χ4v) is 5.19. The molecule has 1 rings (SSSR count). The van der Waals surface area contributed by atoms with E-state index < -0.39 is 0 Å². The monoisotopic (exact) mass is 364 g/mol. The lowest BCUT2D eigenvalue weighted by Crippen LogP contribution is -2.18. The molecule has 0 amide bonds. The van der Waals surface area contributed by atoms with E-state index in [2.05, 4.69) is 13.8 Å². The molecule has 1 aliphatic rings. The van der Waals surface area contributed by atoms with Crippen molar-refractivity contribution in [3.63, 3.8) is 0 Å². The Morgan fingerprint density at radius 1 is 0.500 bits per heavy atom. The maximum absolute atomic E-state index is 2.39. The van der Waals surface area contributed by atoms with Gasteiger partial charge < -0.3 is 0 Å². The van der Waals surface area contributed by atoms with Crippen LogP contribution in [0.15, 0.2) is 0 Å². The van der Waals surface area contributed by atoms with Crippen LogP contribution < -0.4 is 0 Å². The second kappa shape index (κ2) is 18.4. The van der Waals surface area contributed by atoms with Crippen molar-refractivity contribution in [2.24, 2.45) is 11.8 Å². The van der Waals surface area contributed by atoms with Crippen LogP contribution in [0.5, 0.6) is 0 Å². The van der Waals surface area contributed by atoms with Gasteiger partial charge in [-0.05, 0) is 11.8 Å². The molecular formula is C26H52. The summed E-state index contributed by atoms with van der Waals surface area (Å²) in [5, 5.41) is 0. The smallest absolute Gasteiger partial charge is 0.0386 e. The lowest BCUT2D eigenvalue weighted by molar-refractivity contribution is 0.218. The molecule has 0 heterocycles. The molecule has 0 heteroatoms. The van der Waals surface area contributed by atoms with Gasteiger partial charge in [-0.3, -0.25) is 0 Å². The standard InChI is InChI=1S/C26H52/c1-3-5-6-7-8-9-10-11-12-13-14-15-16-18-22-25(21-4-2)26-23-19-17-20-24-26/h25-26H,3-24H2,1-2H3/t25-/m1/s1. The molecule has 0 saturated heterocycles. The SMILES string of the molecule is CCCCCCCCCCCCCCCC[C@@H](CCC)C1CCCCC1. The van der Waals surface area contributed by atoms with Crippen molar-refractivity contribution in [3.05, 3.63) is 0 Å². The highest BCUT2D eigenvalue weighted by Crippen LogP contribution is 2.35. The molecule has 26 heavy (non-hydrogen) atoms. The Kier molecular flexibility index (Phi) is 17.0. The molecule has 0 aromatic rings.